The fourth-order valence-corrected chi connectivity index (χ4v) is 1.57. The number of nitrogens with two attached hydrogens (primary N) is 1. The van der Waals surface area contributed by atoms with Crippen LogP contribution in [0.4, 0.5) is 16.2 Å². The Morgan fingerprint density at radius 1 is 1.05 bits per heavy atom. The summed E-state index contributed by atoms with van der Waals surface area (Å²) in [5, 5.41) is 5.17. The molecular formula is C12H10ClN5O2. The Kier molecular flexibility index (Phi) is 4.11. The minimum Gasteiger partial charge on any atom is -0.351 e. The van der Waals surface area contributed by atoms with Crippen LogP contribution in [0, 0.1) is 0 Å². The number of amides is 3. The molecule has 0 saturated carbocycles. The molecule has 0 aliphatic heterocycles. The van der Waals surface area contributed by atoms with Crippen LogP contribution in [0.15, 0.2) is 36.7 Å². The largest absolute Gasteiger partial charge is 0.351 e. The summed E-state index contributed by atoms with van der Waals surface area (Å²) in [5.41, 5.74) is 6.15. The summed E-state index contributed by atoms with van der Waals surface area (Å²) in [6.07, 6.45) is 2.65. The van der Waals surface area contributed by atoms with E-state index >= 15 is 0 Å². The number of hydrogen-bond acceptors (Lipinski definition) is 4. The van der Waals surface area contributed by atoms with Crippen molar-refractivity contribution in [3.63, 3.8) is 0 Å². The van der Waals surface area contributed by atoms with Gasteiger partial charge in [-0.2, -0.15) is 0 Å². The van der Waals surface area contributed by atoms with E-state index in [-0.39, 0.29) is 10.8 Å². The second-order valence-electron chi connectivity index (χ2n) is 3.75. The van der Waals surface area contributed by atoms with Gasteiger partial charge in [0, 0.05) is 11.4 Å². The first-order valence-electron chi connectivity index (χ1n) is 5.50. The number of benzene rings is 1. The van der Waals surface area contributed by atoms with Crippen LogP contribution in [-0.2, 0) is 0 Å². The van der Waals surface area contributed by atoms with E-state index in [9.17, 15) is 9.59 Å². The van der Waals surface area contributed by atoms with Gasteiger partial charge in [0.2, 0.25) is 0 Å². The SMILES string of the molecule is NC(=O)Nc1ccc(NC(=O)c2cncc(Cl)n2)cc1. The third kappa shape index (κ3) is 3.66. The van der Waals surface area contributed by atoms with E-state index in [1.165, 1.54) is 12.4 Å². The van der Waals surface area contributed by atoms with Gasteiger partial charge in [0.25, 0.3) is 5.91 Å². The molecule has 7 nitrogen and oxygen atoms in total. The molecule has 0 unspecified atom stereocenters. The lowest BCUT2D eigenvalue weighted by molar-refractivity contribution is 0.102. The van der Waals surface area contributed by atoms with Crippen molar-refractivity contribution in [3.05, 3.63) is 47.5 Å². The normalized spacial score (nSPS) is 9.85. The molecule has 0 atom stereocenters. The maximum Gasteiger partial charge on any atom is 0.316 e. The molecule has 4 N–H and O–H groups in total. The first kappa shape index (κ1) is 13.8. The molecule has 0 bridgehead atoms. The summed E-state index contributed by atoms with van der Waals surface area (Å²) in [5.74, 6) is -0.435. The molecule has 2 aromatic rings. The molecule has 0 radical (unpaired) electrons. The van der Waals surface area contributed by atoms with Crippen LogP contribution < -0.4 is 16.4 Å². The van der Waals surface area contributed by atoms with Crippen LogP contribution in [0.1, 0.15) is 10.5 Å². The number of carbonyl (C=O) groups is 2. The molecule has 0 aliphatic carbocycles. The number of aromatic nitrogens is 2. The van der Waals surface area contributed by atoms with Crippen LogP contribution >= 0.6 is 11.6 Å². The number of carbonyl (C=O) groups excluding carboxylic acids is 2. The van der Waals surface area contributed by atoms with Gasteiger partial charge in [0.15, 0.2) is 0 Å². The first-order chi connectivity index (χ1) is 9.54. The number of rotatable bonds is 3. The summed E-state index contributed by atoms with van der Waals surface area (Å²) >= 11 is 5.66. The van der Waals surface area contributed by atoms with E-state index < -0.39 is 11.9 Å². The molecule has 0 saturated heterocycles. The molecule has 2 rings (SSSR count). The van der Waals surface area contributed by atoms with Crippen molar-refractivity contribution in [2.45, 2.75) is 0 Å². The summed E-state index contributed by atoms with van der Waals surface area (Å²) in [6, 6.07) is 5.77. The quantitative estimate of drug-likeness (QED) is 0.801. The van der Waals surface area contributed by atoms with Gasteiger partial charge in [-0.25, -0.2) is 9.78 Å². The van der Waals surface area contributed by atoms with Gasteiger partial charge in [0.1, 0.15) is 10.8 Å². The maximum atomic E-state index is 11.9. The van der Waals surface area contributed by atoms with Gasteiger partial charge < -0.3 is 16.4 Å². The topological polar surface area (TPSA) is 110 Å². The van der Waals surface area contributed by atoms with Gasteiger partial charge >= 0.3 is 6.03 Å². The van der Waals surface area contributed by atoms with Crippen molar-refractivity contribution in [2.24, 2.45) is 5.73 Å². The van der Waals surface area contributed by atoms with Crippen LogP contribution in [0.2, 0.25) is 5.15 Å². The molecule has 1 heterocycles. The monoisotopic (exact) mass is 291 g/mol. The summed E-state index contributed by atoms with van der Waals surface area (Å²) < 4.78 is 0. The highest BCUT2D eigenvalue weighted by atomic mass is 35.5. The molecule has 8 heteroatoms. The molecule has 3 amide bonds. The van der Waals surface area contributed by atoms with E-state index in [2.05, 4.69) is 20.6 Å². The Bertz CT molecular complexity index is 645. The van der Waals surface area contributed by atoms with Crippen molar-refractivity contribution in [1.82, 2.24) is 9.97 Å². The van der Waals surface area contributed by atoms with E-state index in [0.717, 1.165) is 0 Å². The fourth-order valence-electron chi connectivity index (χ4n) is 1.43. The Morgan fingerprint density at radius 3 is 2.20 bits per heavy atom. The lowest BCUT2D eigenvalue weighted by Crippen LogP contribution is -2.19. The Balaban J connectivity index is 2.06. The Hall–Kier alpha value is -2.67. The second kappa shape index (κ2) is 5.98. The van der Waals surface area contributed by atoms with Crippen molar-refractivity contribution < 1.29 is 9.59 Å². The zero-order valence-corrected chi connectivity index (χ0v) is 10.9. The summed E-state index contributed by atoms with van der Waals surface area (Å²) in [7, 11) is 0. The average molecular weight is 292 g/mol. The average Bonchev–Trinajstić information content (AvgIpc) is 2.40. The molecule has 1 aromatic carbocycles. The number of hydrogen-bond donors (Lipinski definition) is 3. The van der Waals surface area contributed by atoms with Crippen LogP contribution in [-0.4, -0.2) is 21.9 Å². The van der Waals surface area contributed by atoms with Crippen molar-refractivity contribution in [3.8, 4) is 0 Å². The smallest absolute Gasteiger partial charge is 0.316 e. The van der Waals surface area contributed by atoms with Crippen molar-refractivity contribution >= 4 is 34.9 Å². The predicted octanol–water partition coefficient (Wildman–Crippen LogP) is 1.87. The van der Waals surface area contributed by atoms with E-state index in [1.807, 2.05) is 0 Å². The maximum absolute atomic E-state index is 11.9. The molecular weight excluding hydrogens is 282 g/mol. The minimum atomic E-state index is -0.656. The number of urea groups is 1. The van der Waals surface area contributed by atoms with Crippen molar-refractivity contribution in [1.29, 1.82) is 0 Å². The lowest BCUT2D eigenvalue weighted by Gasteiger charge is -2.06. The second-order valence-corrected chi connectivity index (χ2v) is 4.14. The third-order valence-corrected chi connectivity index (χ3v) is 2.43. The number of anilines is 2. The standard InChI is InChI=1S/C12H10ClN5O2/c13-10-6-15-5-9(18-10)11(19)16-7-1-3-8(4-2-7)17-12(14)20/h1-6H,(H,16,19)(H3,14,17,20). The van der Waals surface area contributed by atoms with E-state index in [1.54, 1.807) is 24.3 Å². The highest BCUT2D eigenvalue weighted by Crippen LogP contribution is 2.14. The van der Waals surface area contributed by atoms with E-state index in [0.29, 0.717) is 11.4 Å². The number of halogens is 1. The molecule has 0 spiro atoms. The fraction of sp³-hybridized carbons (Fsp3) is 0. The molecule has 1 aromatic heterocycles. The Morgan fingerprint density at radius 2 is 1.65 bits per heavy atom. The zero-order chi connectivity index (χ0) is 14.5. The summed E-state index contributed by atoms with van der Waals surface area (Å²) in [4.78, 5) is 30.1. The highest BCUT2D eigenvalue weighted by molar-refractivity contribution is 6.29. The number of nitrogens with one attached hydrogen (secondary N) is 2. The van der Waals surface area contributed by atoms with Gasteiger partial charge in [-0.1, -0.05) is 11.6 Å². The zero-order valence-electron chi connectivity index (χ0n) is 10.1. The van der Waals surface area contributed by atoms with Gasteiger partial charge in [-0.05, 0) is 24.3 Å². The number of nitrogens with zero attached hydrogens (tertiary/aromatic N) is 2. The van der Waals surface area contributed by atoms with E-state index in [4.69, 9.17) is 17.3 Å². The molecule has 20 heavy (non-hydrogen) atoms. The third-order valence-electron chi connectivity index (χ3n) is 2.25. The predicted molar refractivity (Wildman–Crippen MR) is 74.6 cm³/mol. The Labute approximate surface area is 119 Å². The molecule has 0 fully saturated rings. The van der Waals surface area contributed by atoms with Crippen molar-refractivity contribution in [2.75, 3.05) is 10.6 Å². The van der Waals surface area contributed by atoms with Crippen LogP contribution in [0.25, 0.3) is 0 Å². The van der Waals surface area contributed by atoms with Crippen LogP contribution in [0.5, 0.6) is 0 Å². The lowest BCUT2D eigenvalue weighted by atomic mass is 10.2. The molecule has 102 valence electrons. The molecule has 0 aliphatic rings. The summed E-state index contributed by atoms with van der Waals surface area (Å²) in [6.45, 7) is 0. The van der Waals surface area contributed by atoms with Gasteiger partial charge in [0.05, 0.1) is 12.4 Å². The first-order valence-corrected chi connectivity index (χ1v) is 5.88. The highest BCUT2D eigenvalue weighted by Gasteiger charge is 2.08. The van der Waals surface area contributed by atoms with Gasteiger partial charge in [-0.3, -0.25) is 9.78 Å². The minimum absolute atomic E-state index is 0.108. The van der Waals surface area contributed by atoms with Crippen LogP contribution in [0.3, 0.4) is 0 Å². The van der Waals surface area contributed by atoms with Gasteiger partial charge in [-0.15, -0.1) is 0 Å². The number of primary amides is 1.